The molecular formula is C35H44F3N7O4Si. The zero-order valence-corrected chi connectivity index (χ0v) is 30.3. The van der Waals surface area contributed by atoms with Crippen molar-refractivity contribution in [2.45, 2.75) is 96.3 Å². The third-order valence-corrected chi connectivity index (χ3v) is 10.6. The summed E-state index contributed by atoms with van der Waals surface area (Å²) in [6, 6.07) is 5.02. The number of piperidine rings is 1. The van der Waals surface area contributed by atoms with Gasteiger partial charge in [0.2, 0.25) is 5.91 Å². The van der Waals surface area contributed by atoms with Crippen molar-refractivity contribution in [3.63, 3.8) is 0 Å². The van der Waals surface area contributed by atoms with Gasteiger partial charge in [-0.05, 0) is 57.5 Å². The van der Waals surface area contributed by atoms with Crippen LogP contribution in [0.5, 0.6) is 0 Å². The van der Waals surface area contributed by atoms with Crippen LogP contribution in [0.3, 0.4) is 0 Å². The molecule has 11 nitrogen and oxygen atoms in total. The smallest absolute Gasteiger partial charge is 0.417 e. The Kier molecular flexibility index (Phi) is 9.83. The maximum Gasteiger partial charge on any atom is 0.417 e. The van der Waals surface area contributed by atoms with Crippen molar-refractivity contribution < 1.29 is 32.2 Å². The van der Waals surface area contributed by atoms with E-state index in [0.717, 1.165) is 34.7 Å². The molecule has 1 aromatic carbocycles. The number of rotatable bonds is 9. The van der Waals surface area contributed by atoms with Crippen LogP contribution >= 0.6 is 0 Å². The Morgan fingerprint density at radius 3 is 2.60 bits per heavy atom. The first-order chi connectivity index (χ1) is 23.6. The number of pyridine rings is 1. The first-order valence-electron chi connectivity index (χ1n) is 16.9. The van der Waals surface area contributed by atoms with Gasteiger partial charge in [-0.2, -0.15) is 10.2 Å². The number of imide groups is 1. The van der Waals surface area contributed by atoms with Gasteiger partial charge >= 0.3 is 6.09 Å². The normalized spacial score (nSPS) is 20.3. The molecule has 50 heavy (non-hydrogen) atoms. The SMILES string of the molecule is CC(C)(C)OC(=O)N1CCC(n2cc(-c3cnc4c(c3)c(N3C[C@@H](F)C[C@@H]3c3cc(F)ccc3F)nn4COCC[Si](C)(C)C)cn2)CC1=O. The highest BCUT2D eigenvalue weighted by molar-refractivity contribution is 6.76. The fraction of sp³-hybridized carbons (Fsp3) is 0.514. The lowest BCUT2D eigenvalue weighted by Gasteiger charge is -2.32. The zero-order valence-electron chi connectivity index (χ0n) is 29.3. The molecular weight excluding hydrogens is 668 g/mol. The van der Waals surface area contributed by atoms with E-state index in [4.69, 9.17) is 19.6 Å². The lowest BCUT2D eigenvalue weighted by Crippen LogP contribution is -2.45. The van der Waals surface area contributed by atoms with E-state index in [1.54, 1.807) is 47.4 Å². The van der Waals surface area contributed by atoms with Gasteiger partial charge in [0.1, 0.15) is 30.1 Å². The molecule has 0 radical (unpaired) electrons. The minimum absolute atomic E-state index is 0.0210. The molecule has 2 fully saturated rings. The molecule has 0 spiro atoms. The molecule has 3 atom stereocenters. The van der Waals surface area contributed by atoms with Crippen molar-refractivity contribution in [2.75, 3.05) is 24.6 Å². The predicted molar refractivity (Wildman–Crippen MR) is 185 cm³/mol. The van der Waals surface area contributed by atoms with Crippen LogP contribution < -0.4 is 4.90 Å². The summed E-state index contributed by atoms with van der Waals surface area (Å²) in [5.74, 6) is -1.16. The first-order valence-corrected chi connectivity index (χ1v) is 20.6. The van der Waals surface area contributed by atoms with Gasteiger partial charge in [-0.25, -0.2) is 32.5 Å². The van der Waals surface area contributed by atoms with Crippen LogP contribution in [0.2, 0.25) is 25.7 Å². The summed E-state index contributed by atoms with van der Waals surface area (Å²) in [5, 5.41) is 9.96. The zero-order chi connectivity index (χ0) is 36.0. The Balaban J connectivity index is 1.30. The summed E-state index contributed by atoms with van der Waals surface area (Å²) < 4.78 is 59.1. The summed E-state index contributed by atoms with van der Waals surface area (Å²) in [7, 11) is -1.34. The maximum atomic E-state index is 15.1. The van der Waals surface area contributed by atoms with Crippen LogP contribution in [-0.4, -0.2) is 81.0 Å². The molecule has 4 aromatic rings. The van der Waals surface area contributed by atoms with E-state index in [1.165, 1.54) is 0 Å². The van der Waals surface area contributed by atoms with Crippen LogP contribution in [0.4, 0.5) is 23.8 Å². The van der Waals surface area contributed by atoms with Gasteiger partial charge < -0.3 is 14.4 Å². The molecule has 2 saturated heterocycles. The standard InChI is InChI=1S/C35H44F3N7O4Si/c1-35(2,3)49-34(47)42-10-9-26(16-31(42)46)44-19-23(18-40-44)22-13-28-32(39-17-22)45(21-48-11-12-50(4,5)6)41-33(28)43-20-25(37)15-30(43)27-14-24(36)7-8-29(27)38/h7-8,13-14,17-19,25-26,30H,9-12,15-16,20-21H2,1-6H3/t25-,26?,30+/m0/s1. The van der Waals surface area contributed by atoms with Crippen LogP contribution in [0.1, 0.15) is 57.7 Å². The number of anilines is 1. The van der Waals surface area contributed by atoms with Gasteiger partial charge in [0.15, 0.2) is 11.5 Å². The maximum absolute atomic E-state index is 15.1. The molecule has 2 aliphatic rings. The predicted octanol–water partition coefficient (Wildman–Crippen LogP) is 7.27. The summed E-state index contributed by atoms with van der Waals surface area (Å²) in [5.41, 5.74) is 1.29. The summed E-state index contributed by atoms with van der Waals surface area (Å²) >= 11 is 0. The average Bonchev–Trinajstić information content (AvgIpc) is 3.76. The number of amides is 2. The number of alkyl halides is 1. The van der Waals surface area contributed by atoms with Gasteiger partial charge in [0, 0.05) is 63.2 Å². The summed E-state index contributed by atoms with van der Waals surface area (Å²) in [6.45, 7) is 12.9. The number of fused-ring (bicyclic) bond motifs is 1. The molecule has 2 aliphatic heterocycles. The molecule has 0 saturated carbocycles. The molecule has 0 N–H and O–H groups in total. The van der Waals surface area contributed by atoms with E-state index in [1.807, 2.05) is 12.3 Å². The van der Waals surface area contributed by atoms with E-state index in [0.29, 0.717) is 35.4 Å². The second-order valence-electron chi connectivity index (χ2n) is 15.3. The molecule has 5 heterocycles. The third-order valence-electron chi connectivity index (χ3n) is 8.94. The quantitative estimate of drug-likeness (QED) is 0.132. The van der Waals surface area contributed by atoms with E-state index >= 15 is 8.78 Å². The van der Waals surface area contributed by atoms with Crippen LogP contribution in [-0.2, 0) is 21.0 Å². The number of hydrogen-bond donors (Lipinski definition) is 0. The Labute approximate surface area is 290 Å². The third kappa shape index (κ3) is 7.88. The van der Waals surface area contributed by atoms with Gasteiger partial charge in [0.25, 0.3) is 0 Å². The fourth-order valence-electron chi connectivity index (χ4n) is 6.36. The number of carbonyl (C=O) groups excluding carboxylic acids is 2. The van der Waals surface area contributed by atoms with Crippen molar-refractivity contribution >= 4 is 36.9 Å². The molecule has 3 aromatic heterocycles. The van der Waals surface area contributed by atoms with Crippen molar-refractivity contribution in [3.05, 3.63) is 60.1 Å². The molecule has 2 amide bonds. The van der Waals surface area contributed by atoms with Crippen LogP contribution in [0, 0.1) is 11.6 Å². The van der Waals surface area contributed by atoms with Gasteiger partial charge in [-0.3, -0.25) is 9.48 Å². The number of hydrogen-bond acceptors (Lipinski definition) is 8. The second kappa shape index (κ2) is 13.8. The minimum atomic E-state index is -1.34. The number of benzene rings is 1. The van der Waals surface area contributed by atoms with Gasteiger partial charge in [-0.1, -0.05) is 19.6 Å². The lowest BCUT2D eigenvalue weighted by atomic mass is 10.0. The molecule has 6 rings (SSSR count). The Bertz CT molecular complexity index is 1890. The van der Waals surface area contributed by atoms with Crippen molar-refractivity contribution in [2.24, 2.45) is 0 Å². The number of aromatic nitrogens is 5. The average molecular weight is 712 g/mol. The Morgan fingerprint density at radius 2 is 1.88 bits per heavy atom. The summed E-state index contributed by atoms with van der Waals surface area (Å²) in [4.78, 5) is 33.0. The topological polar surface area (TPSA) is 108 Å². The number of halogens is 3. The van der Waals surface area contributed by atoms with E-state index in [9.17, 15) is 14.0 Å². The van der Waals surface area contributed by atoms with E-state index in [-0.39, 0.29) is 50.2 Å². The molecule has 0 bridgehead atoms. The van der Waals surface area contributed by atoms with E-state index < -0.39 is 43.6 Å². The molecule has 15 heteroatoms. The van der Waals surface area contributed by atoms with Gasteiger partial charge in [-0.15, -0.1) is 0 Å². The van der Waals surface area contributed by atoms with Crippen molar-refractivity contribution in [1.82, 2.24) is 29.4 Å². The van der Waals surface area contributed by atoms with E-state index in [2.05, 4.69) is 24.7 Å². The number of carbonyl (C=O) groups is 2. The highest BCUT2D eigenvalue weighted by atomic mass is 28.3. The first kappa shape index (κ1) is 35.6. The Morgan fingerprint density at radius 1 is 1.10 bits per heavy atom. The number of nitrogens with zero attached hydrogens (tertiary/aromatic N) is 7. The second-order valence-corrected chi connectivity index (χ2v) is 20.9. The van der Waals surface area contributed by atoms with Crippen molar-refractivity contribution in [1.29, 1.82) is 0 Å². The van der Waals surface area contributed by atoms with Gasteiger partial charge in [0.05, 0.1) is 30.2 Å². The van der Waals surface area contributed by atoms with Crippen LogP contribution in [0.25, 0.3) is 22.2 Å². The number of likely N-dealkylation sites (tertiary alicyclic amines) is 1. The minimum Gasteiger partial charge on any atom is -0.443 e. The molecule has 1 unspecified atom stereocenters. The molecule has 268 valence electrons. The highest BCUT2D eigenvalue weighted by Crippen LogP contribution is 2.41. The monoisotopic (exact) mass is 711 g/mol. The molecule has 0 aliphatic carbocycles. The Hall–Kier alpha value is -4.24. The largest absolute Gasteiger partial charge is 0.443 e. The van der Waals surface area contributed by atoms with Crippen LogP contribution in [0.15, 0.2) is 42.9 Å². The highest BCUT2D eigenvalue weighted by Gasteiger charge is 2.38. The lowest BCUT2D eigenvalue weighted by molar-refractivity contribution is -0.133. The number of ether oxygens (including phenoxy) is 2. The summed E-state index contributed by atoms with van der Waals surface area (Å²) in [6.07, 6.45) is 3.83. The fourth-order valence-corrected chi connectivity index (χ4v) is 7.11. The van der Waals surface area contributed by atoms with Crippen molar-refractivity contribution in [3.8, 4) is 11.1 Å².